The van der Waals surface area contributed by atoms with Crippen molar-refractivity contribution in [3.8, 4) is 22.7 Å². The summed E-state index contributed by atoms with van der Waals surface area (Å²) in [5.74, 6) is 0.638. The Bertz CT molecular complexity index is 1450. The molecule has 0 radical (unpaired) electrons. The van der Waals surface area contributed by atoms with Gasteiger partial charge in [-0.3, -0.25) is 14.6 Å². The fraction of sp³-hybridized carbons (Fsp3) is 0.357. The number of fused-ring (bicyclic) bond motifs is 1. The Balaban J connectivity index is 1.34. The van der Waals surface area contributed by atoms with Crippen LogP contribution in [0.1, 0.15) is 48.3 Å². The molecule has 2 N–H and O–H groups in total. The number of nitrogens with two attached hydrogens (primary N) is 1. The molecule has 38 heavy (non-hydrogen) atoms. The minimum absolute atomic E-state index is 0.0734. The Labute approximate surface area is 220 Å². The largest absolute Gasteiger partial charge is 0.421 e. The molecule has 0 aliphatic carbocycles. The Morgan fingerprint density at radius 2 is 1.82 bits per heavy atom. The van der Waals surface area contributed by atoms with Crippen LogP contribution in [0.3, 0.4) is 0 Å². The smallest absolute Gasteiger partial charge is 0.279 e. The molecule has 0 spiro atoms. The van der Waals surface area contributed by atoms with Crippen LogP contribution in [0.2, 0.25) is 0 Å². The minimum atomic E-state index is -0.264. The number of benzene rings is 1. The normalized spacial score (nSPS) is 12.6. The van der Waals surface area contributed by atoms with Crippen molar-refractivity contribution in [3.05, 3.63) is 81.7 Å². The van der Waals surface area contributed by atoms with E-state index in [2.05, 4.69) is 20.3 Å². The summed E-state index contributed by atoms with van der Waals surface area (Å²) in [7, 11) is 0. The highest BCUT2D eigenvalue weighted by Gasteiger charge is 2.23. The van der Waals surface area contributed by atoms with Crippen molar-refractivity contribution in [1.82, 2.24) is 29.9 Å². The highest BCUT2D eigenvalue weighted by Crippen LogP contribution is 2.24. The van der Waals surface area contributed by atoms with E-state index in [9.17, 15) is 9.59 Å². The summed E-state index contributed by atoms with van der Waals surface area (Å²) in [5, 5.41) is 12.6. The standard InChI is InChI=1S/C28H31N7O3/c1-19-31-32-27(38-19)24-15-25(33-35(28(24)37)13-5-3-2-4-11-29)21-8-6-20(7-9-21)14-26(36)34-17-22-10-12-30-16-23(22)18-34/h6-10,12,15-16H,2-5,11,13-14,17-18,29H2,1H3. The number of hydrogen-bond acceptors (Lipinski definition) is 8. The summed E-state index contributed by atoms with van der Waals surface area (Å²) in [5.41, 5.74) is 10.3. The predicted octanol–water partition coefficient (Wildman–Crippen LogP) is 3.27. The minimum Gasteiger partial charge on any atom is -0.421 e. The Morgan fingerprint density at radius 3 is 2.55 bits per heavy atom. The second kappa shape index (κ2) is 11.5. The Morgan fingerprint density at radius 1 is 1.03 bits per heavy atom. The van der Waals surface area contributed by atoms with Gasteiger partial charge in [0.25, 0.3) is 11.4 Å². The first kappa shape index (κ1) is 25.5. The second-order valence-corrected chi connectivity index (χ2v) is 9.57. The van der Waals surface area contributed by atoms with Crippen molar-refractivity contribution >= 4 is 5.91 Å². The summed E-state index contributed by atoms with van der Waals surface area (Å²) >= 11 is 0. The van der Waals surface area contributed by atoms with E-state index in [4.69, 9.17) is 10.2 Å². The molecule has 1 aromatic carbocycles. The zero-order valence-corrected chi connectivity index (χ0v) is 21.5. The molecule has 0 fully saturated rings. The molecular weight excluding hydrogens is 482 g/mol. The van der Waals surface area contributed by atoms with Gasteiger partial charge < -0.3 is 15.1 Å². The lowest BCUT2D eigenvalue weighted by Crippen LogP contribution is -2.26. The molecule has 0 saturated heterocycles. The van der Waals surface area contributed by atoms with Crippen LogP contribution in [0, 0.1) is 6.92 Å². The first-order valence-corrected chi connectivity index (χ1v) is 12.9. The van der Waals surface area contributed by atoms with Crippen LogP contribution in [0.15, 0.2) is 58.0 Å². The van der Waals surface area contributed by atoms with E-state index >= 15 is 0 Å². The zero-order chi connectivity index (χ0) is 26.5. The van der Waals surface area contributed by atoms with Gasteiger partial charge in [-0.1, -0.05) is 37.1 Å². The number of aryl methyl sites for hydroxylation is 2. The number of pyridine rings is 1. The Kier molecular flexibility index (Phi) is 7.69. The summed E-state index contributed by atoms with van der Waals surface area (Å²) in [6, 6.07) is 11.4. The van der Waals surface area contributed by atoms with Gasteiger partial charge in [0.2, 0.25) is 11.8 Å². The van der Waals surface area contributed by atoms with Crippen LogP contribution in [0.25, 0.3) is 22.7 Å². The maximum Gasteiger partial charge on any atom is 0.279 e. The van der Waals surface area contributed by atoms with Crippen molar-refractivity contribution < 1.29 is 9.21 Å². The molecule has 3 aromatic heterocycles. The number of amides is 1. The molecule has 0 atom stereocenters. The molecule has 10 heteroatoms. The van der Waals surface area contributed by atoms with Crippen molar-refractivity contribution in [1.29, 1.82) is 0 Å². The SMILES string of the molecule is Cc1nnc(-c2cc(-c3ccc(CC(=O)N4Cc5ccncc5C4)cc3)nn(CCCCCCN)c2=O)o1. The van der Waals surface area contributed by atoms with Crippen LogP contribution in [0.5, 0.6) is 0 Å². The van der Waals surface area contributed by atoms with Gasteiger partial charge >= 0.3 is 0 Å². The van der Waals surface area contributed by atoms with Crippen LogP contribution in [-0.4, -0.2) is 42.3 Å². The van der Waals surface area contributed by atoms with E-state index in [0.29, 0.717) is 49.7 Å². The van der Waals surface area contributed by atoms with E-state index in [1.807, 2.05) is 41.4 Å². The van der Waals surface area contributed by atoms with Gasteiger partial charge in [0.05, 0.1) is 12.1 Å². The van der Waals surface area contributed by atoms with Gasteiger partial charge in [-0.15, -0.1) is 10.2 Å². The van der Waals surface area contributed by atoms with Gasteiger partial charge in [0.15, 0.2) is 0 Å². The van der Waals surface area contributed by atoms with Crippen LogP contribution >= 0.6 is 0 Å². The lowest BCUT2D eigenvalue weighted by atomic mass is 10.1. The molecule has 0 bridgehead atoms. The summed E-state index contributed by atoms with van der Waals surface area (Å²) in [6.07, 6.45) is 7.66. The number of nitrogens with zero attached hydrogens (tertiary/aromatic N) is 6. The van der Waals surface area contributed by atoms with Crippen LogP contribution < -0.4 is 11.3 Å². The molecule has 4 heterocycles. The Hall–Kier alpha value is -4.18. The average molecular weight is 514 g/mol. The average Bonchev–Trinajstić information content (AvgIpc) is 3.56. The molecule has 1 aliphatic heterocycles. The maximum atomic E-state index is 13.2. The van der Waals surface area contributed by atoms with Crippen molar-refractivity contribution in [2.45, 2.75) is 58.7 Å². The van der Waals surface area contributed by atoms with Crippen LogP contribution in [-0.2, 0) is 30.8 Å². The highest BCUT2D eigenvalue weighted by atomic mass is 16.4. The number of carbonyl (C=O) groups is 1. The van der Waals surface area contributed by atoms with Gasteiger partial charge in [0.1, 0.15) is 5.56 Å². The summed E-state index contributed by atoms with van der Waals surface area (Å²) < 4.78 is 7.04. The number of rotatable bonds is 10. The third kappa shape index (κ3) is 5.70. The maximum absolute atomic E-state index is 13.2. The van der Waals surface area contributed by atoms with Gasteiger partial charge in [0, 0.05) is 44.5 Å². The van der Waals surface area contributed by atoms with Crippen molar-refractivity contribution in [2.75, 3.05) is 6.54 Å². The quantitative estimate of drug-likeness (QED) is 0.320. The van der Waals surface area contributed by atoms with E-state index < -0.39 is 0 Å². The van der Waals surface area contributed by atoms with Gasteiger partial charge in [-0.25, -0.2) is 4.68 Å². The number of hydrogen-bond donors (Lipinski definition) is 1. The molecule has 0 unspecified atom stereocenters. The van der Waals surface area contributed by atoms with E-state index in [1.54, 1.807) is 19.2 Å². The molecule has 1 amide bonds. The van der Waals surface area contributed by atoms with Gasteiger partial charge in [-0.2, -0.15) is 5.10 Å². The molecular formula is C28H31N7O3. The van der Waals surface area contributed by atoms with Crippen LogP contribution in [0.4, 0.5) is 0 Å². The van der Waals surface area contributed by atoms with Crippen molar-refractivity contribution in [3.63, 3.8) is 0 Å². The number of carbonyl (C=O) groups excluding carboxylic acids is 1. The second-order valence-electron chi connectivity index (χ2n) is 9.57. The van der Waals surface area contributed by atoms with Gasteiger partial charge in [-0.05, 0) is 48.2 Å². The van der Waals surface area contributed by atoms with E-state index in [-0.39, 0.29) is 17.4 Å². The third-order valence-electron chi connectivity index (χ3n) is 6.74. The first-order valence-electron chi connectivity index (χ1n) is 12.9. The highest BCUT2D eigenvalue weighted by molar-refractivity contribution is 5.79. The molecule has 0 saturated carbocycles. The number of aromatic nitrogens is 5. The summed E-state index contributed by atoms with van der Waals surface area (Å²) in [6.45, 7) is 4.04. The molecule has 5 rings (SSSR count). The monoisotopic (exact) mass is 513 g/mol. The lowest BCUT2D eigenvalue weighted by Gasteiger charge is -2.15. The van der Waals surface area contributed by atoms with E-state index in [0.717, 1.165) is 47.9 Å². The zero-order valence-electron chi connectivity index (χ0n) is 21.5. The van der Waals surface area contributed by atoms with Crippen molar-refractivity contribution in [2.24, 2.45) is 5.73 Å². The molecule has 10 nitrogen and oxygen atoms in total. The predicted molar refractivity (Wildman–Crippen MR) is 142 cm³/mol. The number of unbranched alkanes of at least 4 members (excludes halogenated alkanes) is 3. The topological polar surface area (TPSA) is 133 Å². The fourth-order valence-corrected chi connectivity index (χ4v) is 4.63. The lowest BCUT2D eigenvalue weighted by molar-refractivity contribution is -0.131. The third-order valence-corrected chi connectivity index (χ3v) is 6.74. The molecule has 1 aliphatic rings. The fourth-order valence-electron chi connectivity index (χ4n) is 4.63. The summed E-state index contributed by atoms with van der Waals surface area (Å²) in [4.78, 5) is 32.1. The molecule has 4 aromatic rings. The molecule has 196 valence electrons. The van der Waals surface area contributed by atoms with E-state index in [1.165, 1.54) is 4.68 Å². The first-order chi connectivity index (χ1) is 18.5.